The fourth-order valence-electron chi connectivity index (χ4n) is 1.97. The fourth-order valence-corrected chi connectivity index (χ4v) is 3.44. The maximum atomic E-state index is 3.66. The third-order valence-corrected chi connectivity index (χ3v) is 4.16. The molecule has 2 rings (SSSR count). The van der Waals surface area contributed by atoms with Crippen molar-refractivity contribution in [1.29, 1.82) is 0 Å². The van der Waals surface area contributed by atoms with Crippen LogP contribution in [0.1, 0.15) is 32.1 Å². The van der Waals surface area contributed by atoms with Crippen molar-refractivity contribution in [3.05, 3.63) is 0 Å². The van der Waals surface area contributed by atoms with E-state index in [1.54, 1.807) is 0 Å². The summed E-state index contributed by atoms with van der Waals surface area (Å²) >= 11 is 2.16. The van der Waals surface area contributed by atoms with Gasteiger partial charge >= 0.3 is 0 Å². The van der Waals surface area contributed by atoms with E-state index >= 15 is 0 Å². The number of nitrogens with one attached hydrogen (secondary N) is 1. The lowest BCUT2D eigenvalue weighted by atomic mass is 10.2. The van der Waals surface area contributed by atoms with Crippen LogP contribution >= 0.6 is 11.8 Å². The van der Waals surface area contributed by atoms with Gasteiger partial charge in [0.1, 0.15) is 0 Å². The maximum Gasteiger partial charge on any atom is 0.0645 e. The zero-order valence-corrected chi connectivity index (χ0v) is 7.17. The minimum atomic E-state index is 0.540. The molecule has 2 heteroatoms. The Morgan fingerprint density at radius 1 is 1.10 bits per heavy atom. The highest BCUT2D eigenvalue weighted by Crippen LogP contribution is 2.40. The summed E-state index contributed by atoms with van der Waals surface area (Å²) in [6.07, 6.45) is 7.09. The molecule has 1 spiro atoms. The summed E-state index contributed by atoms with van der Waals surface area (Å²) in [5.41, 5.74) is 0. The lowest BCUT2D eigenvalue weighted by molar-refractivity contribution is 0.463. The minimum absolute atomic E-state index is 0.540. The number of hydrogen-bond acceptors (Lipinski definition) is 2. The van der Waals surface area contributed by atoms with Crippen molar-refractivity contribution in [2.24, 2.45) is 0 Å². The van der Waals surface area contributed by atoms with Crippen LogP contribution < -0.4 is 5.32 Å². The average Bonchev–Trinajstić information content (AvgIpc) is 2.39. The summed E-state index contributed by atoms with van der Waals surface area (Å²) in [7, 11) is 0. The van der Waals surface area contributed by atoms with E-state index in [0.29, 0.717) is 4.87 Å². The van der Waals surface area contributed by atoms with E-state index in [1.165, 1.54) is 44.4 Å². The number of thioether (sulfide) groups is 1. The Balaban J connectivity index is 1.98. The number of hydrogen-bond donors (Lipinski definition) is 1. The summed E-state index contributed by atoms with van der Waals surface area (Å²) in [4.78, 5) is 0.540. The summed E-state index contributed by atoms with van der Waals surface area (Å²) in [6.45, 7) is 1.26. The molecule has 1 saturated heterocycles. The van der Waals surface area contributed by atoms with Crippen LogP contribution in [0.15, 0.2) is 0 Å². The third kappa shape index (κ3) is 1.19. The molecule has 0 atom stereocenters. The van der Waals surface area contributed by atoms with Gasteiger partial charge in [0.25, 0.3) is 0 Å². The van der Waals surface area contributed by atoms with E-state index < -0.39 is 0 Å². The Morgan fingerprint density at radius 2 is 1.90 bits per heavy atom. The van der Waals surface area contributed by atoms with Crippen molar-refractivity contribution in [1.82, 2.24) is 5.32 Å². The molecule has 58 valence electrons. The van der Waals surface area contributed by atoms with Crippen LogP contribution in [0.2, 0.25) is 0 Å². The molecule has 1 N–H and O–H groups in total. The molecule has 1 heterocycles. The van der Waals surface area contributed by atoms with Gasteiger partial charge in [-0.25, -0.2) is 0 Å². The van der Waals surface area contributed by atoms with Gasteiger partial charge in [-0.2, -0.15) is 0 Å². The molecule has 2 aliphatic rings. The van der Waals surface area contributed by atoms with Crippen LogP contribution in [0.3, 0.4) is 0 Å². The molecule has 0 unspecified atom stereocenters. The molecule has 0 aromatic rings. The van der Waals surface area contributed by atoms with E-state index in [0.717, 1.165) is 0 Å². The monoisotopic (exact) mass is 157 g/mol. The molecule has 0 amide bonds. The minimum Gasteiger partial charge on any atom is -0.303 e. The van der Waals surface area contributed by atoms with Crippen LogP contribution in [-0.4, -0.2) is 17.2 Å². The second-order valence-corrected chi connectivity index (χ2v) is 4.81. The van der Waals surface area contributed by atoms with Crippen LogP contribution in [-0.2, 0) is 0 Å². The zero-order valence-electron chi connectivity index (χ0n) is 6.36. The molecule has 0 aromatic carbocycles. The lowest BCUT2D eigenvalue weighted by Gasteiger charge is -2.33. The van der Waals surface area contributed by atoms with Gasteiger partial charge in [-0.15, -0.1) is 11.8 Å². The van der Waals surface area contributed by atoms with Crippen LogP contribution in [0.25, 0.3) is 0 Å². The first kappa shape index (κ1) is 6.99. The van der Waals surface area contributed by atoms with Gasteiger partial charge in [0.15, 0.2) is 0 Å². The summed E-state index contributed by atoms with van der Waals surface area (Å²) in [5, 5.41) is 3.66. The molecule has 10 heavy (non-hydrogen) atoms. The molecule has 1 saturated carbocycles. The maximum absolute atomic E-state index is 3.66. The average molecular weight is 157 g/mol. The summed E-state index contributed by atoms with van der Waals surface area (Å²) in [5.74, 6) is 1.38. The summed E-state index contributed by atoms with van der Waals surface area (Å²) < 4.78 is 0. The highest BCUT2D eigenvalue weighted by molar-refractivity contribution is 8.00. The highest BCUT2D eigenvalue weighted by Gasteiger charge is 2.34. The molecule has 0 aromatic heterocycles. The van der Waals surface area contributed by atoms with Crippen LogP contribution in [0, 0.1) is 0 Å². The van der Waals surface area contributed by atoms with Crippen molar-refractivity contribution in [3.8, 4) is 0 Å². The third-order valence-electron chi connectivity index (χ3n) is 2.56. The highest BCUT2D eigenvalue weighted by atomic mass is 32.2. The first-order valence-corrected chi connectivity index (χ1v) is 5.29. The first-order chi connectivity index (χ1) is 4.91. The van der Waals surface area contributed by atoms with Gasteiger partial charge in [-0.1, -0.05) is 12.8 Å². The van der Waals surface area contributed by atoms with Gasteiger partial charge in [0, 0.05) is 0 Å². The van der Waals surface area contributed by atoms with Crippen molar-refractivity contribution in [2.75, 3.05) is 12.3 Å². The standard InChI is InChI=1S/C8H15NS/c1-2-5-8(4-1)9-6-3-7-10-8/h9H,1-7H2. The molecule has 2 fully saturated rings. The van der Waals surface area contributed by atoms with E-state index in [2.05, 4.69) is 17.1 Å². The Kier molecular flexibility index (Phi) is 1.92. The van der Waals surface area contributed by atoms with Gasteiger partial charge in [0.05, 0.1) is 4.87 Å². The second-order valence-electron chi connectivity index (χ2n) is 3.33. The first-order valence-electron chi connectivity index (χ1n) is 4.30. The van der Waals surface area contributed by atoms with Crippen molar-refractivity contribution in [2.45, 2.75) is 37.0 Å². The normalized spacial score (nSPS) is 31.2. The molecular weight excluding hydrogens is 142 g/mol. The predicted octanol–water partition coefficient (Wildman–Crippen LogP) is 1.98. The van der Waals surface area contributed by atoms with Crippen molar-refractivity contribution < 1.29 is 0 Å². The topological polar surface area (TPSA) is 12.0 Å². The van der Waals surface area contributed by atoms with E-state index in [-0.39, 0.29) is 0 Å². The molecule has 1 nitrogen and oxygen atoms in total. The van der Waals surface area contributed by atoms with E-state index in [4.69, 9.17) is 0 Å². The summed E-state index contributed by atoms with van der Waals surface area (Å²) in [6, 6.07) is 0. The molecule has 0 radical (unpaired) electrons. The molecular formula is C8H15NS. The largest absolute Gasteiger partial charge is 0.303 e. The fraction of sp³-hybridized carbons (Fsp3) is 1.00. The van der Waals surface area contributed by atoms with Crippen LogP contribution in [0.5, 0.6) is 0 Å². The van der Waals surface area contributed by atoms with Crippen molar-refractivity contribution in [3.63, 3.8) is 0 Å². The smallest absolute Gasteiger partial charge is 0.0645 e. The Morgan fingerprint density at radius 3 is 2.50 bits per heavy atom. The Bertz CT molecular complexity index is 110. The second kappa shape index (κ2) is 2.74. The lowest BCUT2D eigenvalue weighted by Crippen LogP contribution is -2.43. The Labute approximate surface area is 67.0 Å². The quantitative estimate of drug-likeness (QED) is 0.577. The van der Waals surface area contributed by atoms with Gasteiger partial charge in [-0.05, 0) is 31.6 Å². The van der Waals surface area contributed by atoms with Crippen molar-refractivity contribution >= 4 is 11.8 Å². The molecule has 1 aliphatic heterocycles. The molecule has 0 bridgehead atoms. The van der Waals surface area contributed by atoms with E-state index in [9.17, 15) is 0 Å². The Hall–Kier alpha value is 0.310. The van der Waals surface area contributed by atoms with Gasteiger partial charge < -0.3 is 5.32 Å². The predicted molar refractivity (Wildman–Crippen MR) is 46.3 cm³/mol. The number of rotatable bonds is 0. The SMILES string of the molecule is C1CNC2(CCCC2)SC1. The zero-order chi connectivity index (χ0) is 6.86. The molecule has 1 aliphatic carbocycles. The van der Waals surface area contributed by atoms with Gasteiger partial charge in [-0.3, -0.25) is 0 Å². The van der Waals surface area contributed by atoms with E-state index in [1.807, 2.05) is 0 Å². The van der Waals surface area contributed by atoms with Crippen LogP contribution in [0.4, 0.5) is 0 Å². The van der Waals surface area contributed by atoms with Gasteiger partial charge in [0.2, 0.25) is 0 Å².